The van der Waals surface area contributed by atoms with Crippen LogP contribution in [0.5, 0.6) is 17.5 Å². The second-order valence-corrected chi connectivity index (χ2v) is 4.62. The third kappa shape index (κ3) is 3.17. The highest BCUT2D eigenvalue weighted by molar-refractivity contribution is 5.57. The quantitative estimate of drug-likeness (QED) is 0.905. The van der Waals surface area contributed by atoms with Gasteiger partial charge in [0.2, 0.25) is 11.8 Å². The van der Waals surface area contributed by atoms with Gasteiger partial charge in [0, 0.05) is 0 Å². The van der Waals surface area contributed by atoms with Gasteiger partial charge in [0.25, 0.3) is 0 Å². The molecular formula is C15H19N3O2. The van der Waals surface area contributed by atoms with Crippen molar-refractivity contribution in [3.63, 3.8) is 0 Å². The number of aromatic nitrogens is 2. The van der Waals surface area contributed by atoms with Crippen molar-refractivity contribution < 1.29 is 9.47 Å². The summed E-state index contributed by atoms with van der Waals surface area (Å²) < 4.78 is 11.2. The molecule has 5 nitrogen and oxygen atoms in total. The highest BCUT2D eigenvalue weighted by Gasteiger charge is 2.12. The fourth-order valence-electron chi connectivity index (χ4n) is 1.68. The molecule has 0 saturated carbocycles. The van der Waals surface area contributed by atoms with Crippen LogP contribution in [0.3, 0.4) is 0 Å². The van der Waals surface area contributed by atoms with Gasteiger partial charge in [-0.25, -0.2) is 0 Å². The fourth-order valence-corrected chi connectivity index (χ4v) is 1.68. The SMILES string of the molecule is CCCOc1ncnc(Oc2cc(C)ccc2C)c1N. The molecule has 2 rings (SSSR count). The van der Waals surface area contributed by atoms with E-state index in [2.05, 4.69) is 9.97 Å². The second kappa shape index (κ2) is 6.23. The van der Waals surface area contributed by atoms with Crippen molar-refractivity contribution in [1.82, 2.24) is 9.97 Å². The van der Waals surface area contributed by atoms with E-state index >= 15 is 0 Å². The van der Waals surface area contributed by atoms with Gasteiger partial charge in [0.1, 0.15) is 12.1 Å². The van der Waals surface area contributed by atoms with E-state index in [1.807, 2.05) is 39.0 Å². The van der Waals surface area contributed by atoms with E-state index < -0.39 is 0 Å². The van der Waals surface area contributed by atoms with Crippen molar-refractivity contribution in [1.29, 1.82) is 0 Å². The summed E-state index contributed by atoms with van der Waals surface area (Å²) in [6, 6.07) is 5.97. The van der Waals surface area contributed by atoms with Crippen LogP contribution in [0, 0.1) is 13.8 Å². The summed E-state index contributed by atoms with van der Waals surface area (Å²) in [6.07, 6.45) is 2.28. The monoisotopic (exact) mass is 273 g/mol. The predicted octanol–water partition coefficient (Wildman–Crippen LogP) is 3.26. The average Bonchev–Trinajstić information content (AvgIpc) is 2.44. The summed E-state index contributed by atoms with van der Waals surface area (Å²) in [6.45, 7) is 6.56. The lowest BCUT2D eigenvalue weighted by Gasteiger charge is -2.12. The molecule has 1 aromatic carbocycles. The normalized spacial score (nSPS) is 10.3. The lowest BCUT2D eigenvalue weighted by atomic mass is 10.1. The molecule has 0 atom stereocenters. The molecule has 20 heavy (non-hydrogen) atoms. The number of aryl methyl sites for hydroxylation is 2. The van der Waals surface area contributed by atoms with E-state index in [4.69, 9.17) is 15.2 Å². The predicted molar refractivity (Wildman–Crippen MR) is 78.2 cm³/mol. The van der Waals surface area contributed by atoms with Gasteiger partial charge in [0.05, 0.1) is 6.61 Å². The number of nitrogen functional groups attached to an aromatic ring is 1. The van der Waals surface area contributed by atoms with E-state index in [0.717, 1.165) is 23.3 Å². The first-order valence-electron chi connectivity index (χ1n) is 6.60. The van der Waals surface area contributed by atoms with Crippen molar-refractivity contribution in [2.24, 2.45) is 0 Å². The van der Waals surface area contributed by atoms with Gasteiger partial charge in [-0.3, -0.25) is 0 Å². The molecule has 1 aromatic heterocycles. The topological polar surface area (TPSA) is 70.3 Å². The van der Waals surface area contributed by atoms with Crippen LogP contribution in [0.25, 0.3) is 0 Å². The Morgan fingerprint density at radius 1 is 1.15 bits per heavy atom. The van der Waals surface area contributed by atoms with Crippen LogP contribution < -0.4 is 15.2 Å². The molecule has 0 aliphatic rings. The number of nitrogens with two attached hydrogens (primary N) is 1. The van der Waals surface area contributed by atoms with Crippen LogP contribution in [-0.4, -0.2) is 16.6 Å². The molecule has 0 aliphatic carbocycles. The lowest BCUT2D eigenvalue weighted by Crippen LogP contribution is -2.04. The first-order chi connectivity index (χ1) is 9.61. The van der Waals surface area contributed by atoms with Crippen LogP contribution in [0.2, 0.25) is 0 Å². The Hall–Kier alpha value is -2.30. The Bertz CT molecular complexity index is 600. The maximum Gasteiger partial charge on any atom is 0.249 e. The smallest absolute Gasteiger partial charge is 0.249 e. The average molecular weight is 273 g/mol. The molecule has 0 amide bonds. The van der Waals surface area contributed by atoms with Crippen LogP contribution in [-0.2, 0) is 0 Å². The summed E-state index contributed by atoms with van der Waals surface area (Å²) in [7, 11) is 0. The summed E-state index contributed by atoms with van der Waals surface area (Å²) in [5.74, 6) is 1.42. The number of nitrogens with zero attached hydrogens (tertiary/aromatic N) is 2. The number of ether oxygens (including phenoxy) is 2. The summed E-state index contributed by atoms with van der Waals surface area (Å²) >= 11 is 0. The van der Waals surface area contributed by atoms with Gasteiger partial charge < -0.3 is 15.2 Å². The van der Waals surface area contributed by atoms with Crippen molar-refractivity contribution in [3.8, 4) is 17.5 Å². The molecule has 2 aromatic rings. The number of hydrogen-bond donors (Lipinski definition) is 1. The molecule has 2 N–H and O–H groups in total. The van der Waals surface area contributed by atoms with E-state index in [9.17, 15) is 0 Å². The van der Waals surface area contributed by atoms with Crippen LogP contribution in [0.1, 0.15) is 24.5 Å². The standard InChI is InChI=1S/C15H19N3O2/c1-4-7-19-14-13(16)15(18-9-17-14)20-12-8-10(2)5-6-11(12)3/h5-6,8-9H,4,7,16H2,1-3H3. The Balaban J connectivity index is 2.27. The third-order valence-electron chi connectivity index (χ3n) is 2.80. The summed E-state index contributed by atoms with van der Waals surface area (Å²) in [5, 5.41) is 0. The maximum atomic E-state index is 5.99. The van der Waals surface area contributed by atoms with E-state index in [0.29, 0.717) is 24.1 Å². The van der Waals surface area contributed by atoms with Crippen LogP contribution in [0.15, 0.2) is 24.5 Å². The van der Waals surface area contributed by atoms with E-state index in [-0.39, 0.29) is 0 Å². The lowest BCUT2D eigenvalue weighted by molar-refractivity contribution is 0.304. The van der Waals surface area contributed by atoms with Gasteiger partial charge in [-0.2, -0.15) is 9.97 Å². The molecule has 5 heteroatoms. The minimum Gasteiger partial charge on any atom is -0.476 e. The largest absolute Gasteiger partial charge is 0.476 e. The number of benzene rings is 1. The van der Waals surface area contributed by atoms with Gasteiger partial charge >= 0.3 is 0 Å². The molecular weight excluding hydrogens is 254 g/mol. The van der Waals surface area contributed by atoms with E-state index in [1.165, 1.54) is 6.33 Å². The zero-order valence-corrected chi connectivity index (χ0v) is 12.0. The molecule has 106 valence electrons. The van der Waals surface area contributed by atoms with Crippen molar-refractivity contribution in [3.05, 3.63) is 35.7 Å². The zero-order valence-electron chi connectivity index (χ0n) is 12.0. The zero-order chi connectivity index (χ0) is 14.5. The number of hydrogen-bond acceptors (Lipinski definition) is 5. The fraction of sp³-hybridized carbons (Fsp3) is 0.333. The van der Waals surface area contributed by atoms with E-state index in [1.54, 1.807) is 0 Å². The first-order valence-corrected chi connectivity index (χ1v) is 6.60. The first kappa shape index (κ1) is 14.1. The minimum atomic E-state index is 0.319. The van der Waals surface area contributed by atoms with Crippen LogP contribution >= 0.6 is 0 Å². The Labute approximate surface area is 118 Å². The molecule has 0 unspecified atom stereocenters. The molecule has 0 spiro atoms. The van der Waals surface area contributed by atoms with Crippen LogP contribution in [0.4, 0.5) is 5.69 Å². The summed E-state index contributed by atoms with van der Waals surface area (Å²) in [5.41, 5.74) is 8.44. The third-order valence-corrected chi connectivity index (χ3v) is 2.80. The van der Waals surface area contributed by atoms with Gasteiger partial charge in [-0.05, 0) is 37.5 Å². The molecule has 1 heterocycles. The second-order valence-electron chi connectivity index (χ2n) is 4.62. The highest BCUT2D eigenvalue weighted by atomic mass is 16.5. The molecule has 0 fully saturated rings. The Kier molecular flexibility index (Phi) is 4.40. The minimum absolute atomic E-state index is 0.319. The maximum absolute atomic E-state index is 5.99. The number of anilines is 1. The van der Waals surface area contributed by atoms with Gasteiger partial charge in [0.15, 0.2) is 5.69 Å². The van der Waals surface area contributed by atoms with Crippen molar-refractivity contribution in [2.45, 2.75) is 27.2 Å². The molecule has 0 saturated heterocycles. The summed E-state index contributed by atoms with van der Waals surface area (Å²) in [4.78, 5) is 8.09. The van der Waals surface area contributed by atoms with Gasteiger partial charge in [-0.15, -0.1) is 0 Å². The molecule has 0 bridgehead atoms. The van der Waals surface area contributed by atoms with Crippen molar-refractivity contribution in [2.75, 3.05) is 12.3 Å². The highest BCUT2D eigenvalue weighted by Crippen LogP contribution is 2.32. The number of rotatable bonds is 5. The molecule has 0 radical (unpaired) electrons. The molecule has 0 aliphatic heterocycles. The van der Waals surface area contributed by atoms with Gasteiger partial charge in [-0.1, -0.05) is 19.1 Å². The van der Waals surface area contributed by atoms with Crippen molar-refractivity contribution >= 4 is 5.69 Å². The Morgan fingerprint density at radius 2 is 1.90 bits per heavy atom. The Morgan fingerprint density at radius 3 is 2.65 bits per heavy atom.